The Morgan fingerprint density at radius 2 is 1.42 bits per heavy atom. The fourth-order valence-electron chi connectivity index (χ4n) is 3.84. The molecule has 0 N–H and O–H groups in total. The number of pyridine rings is 1. The molecule has 0 saturated heterocycles. The topological polar surface area (TPSA) is 114 Å². The number of carbonyl (C=O) groups is 1. The van der Waals surface area contributed by atoms with Crippen LogP contribution >= 0.6 is 11.6 Å². The zero-order chi connectivity index (χ0) is 27.5. The van der Waals surface area contributed by atoms with Gasteiger partial charge in [0.25, 0.3) is 26.5 Å². The van der Waals surface area contributed by atoms with Crippen molar-refractivity contribution >= 4 is 60.4 Å². The molecule has 0 bridgehead atoms. The molecule has 3 aromatic carbocycles. The van der Waals surface area contributed by atoms with Gasteiger partial charge in [-0.1, -0.05) is 35.9 Å². The largest absolute Gasteiger partial charge is 0.445 e. The highest BCUT2D eigenvalue weighted by atomic mass is 35.5. The van der Waals surface area contributed by atoms with Crippen molar-refractivity contribution in [2.75, 3.05) is 21.9 Å². The molecule has 0 radical (unpaired) electrons. The number of hydrogen-bond donors (Lipinski definition) is 0. The number of halogens is 2. The number of benzene rings is 3. The number of aromatic nitrogens is 1. The smallest absolute Gasteiger partial charge is 0.294 e. The molecule has 198 valence electrons. The SMILES string of the molecule is CCN(c1cnc(N(COC=O)S(=O)(=O)c2ccc(Cl)cc2)c2ccccc12)S(=O)(=O)c1ccc(F)cc1. The van der Waals surface area contributed by atoms with E-state index >= 15 is 0 Å². The summed E-state index contributed by atoms with van der Waals surface area (Å²) in [5.74, 6) is -0.667. The standard InChI is InChI=1S/C25H21ClFN3O6S2/c1-2-29(37(32,33)21-13-9-19(27)10-14-21)24-15-28-25(23-6-4-3-5-22(23)24)30(16-36-17-31)38(34,35)20-11-7-18(26)8-12-20/h3-15,17H,2,16H2,1H3. The Bertz CT molecular complexity index is 1680. The lowest BCUT2D eigenvalue weighted by molar-refractivity contribution is -0.128. The van der Waals surface area contributed by atoms with Crippen molar-refractivity contribution in [3.63, 3.8) is 0 Å². The molecule has 0 spiro atoms. The van der Waals surface area contributed by atoms with Gasteiger partial charge < -0.3 is 4.74 Å². The number of sulfonamides is 2. The number of carbonyl (C=O) groups excluding carboxylic acids is 1. The molecular formula is C25H21ClFN3O6S2. The van der Waals surface area contributed by atoms with Crippen molar-refractivity contribution in [1.82, 2.24) is 4.98 Å². The molecule has 38 heavy (non-hydrogen) atoms. The van der Waals surface area contributed by atoms with E-state index in [1.165, 1.54) is 30.5 Å². The van der Waals surface area contributed by atoms with Crippen LogP contribution in [0.5, 0.6) is 0 Å². The quantitative estimate of drug-likeness (QED) is 0.200. The Kier molecular flexibility index (Phi) is 7.86. The molecule has 4 aromatic rings. The van der Waals surface area contributed by atoms with E-state index in [1.54, 1.807) is 31.2 Å². The Balaban J connectivity index is 1.90. The van der Waals surface area contributed by atoms with Gasteiger partial charge in [0, 0.05) is 22.3 Å². The number of anilines is 2. The summed E-state index contributed by atoms with van der Waals surface area (Å²) in [6.07, 6.45) is 1.23. The number of nitrogens with zero attached hydrogens (tertiary/aromatic N) is 3. The Hall–Kier alpha value is -3.74. The first-order valence-corrected chi connectivity index (χ1v) is 14.4. The van der Waals surface area contributed by atoms with E-state index in [9.17, 15) is 26.0 Å². The Labute approximate surface area is 224 Å². The fourth-order valence-corrected chi connectivity index (χ4v) is 6.75. The molecule has 0 aliphatic heterocycles. The third-order valence-electron chi connectivity index (χ3n) is 5.61. The maximum atomic E-state index is 13.6. The summed E-state index contributed by atoms with van der Waals surface area (Å²) in [5, 5.41) is 0.979. The molecule has 0 unspecified atom stereocenters. The predicted octanol–water partition coefficient (Wildman–Crippen LogP) is 4.57. The fraction of sp³-hybridized carbons (Fsp3) is 0.120. The van der Waals surface area contributed by atoms with Crippen molar-refractivity contribution < 1.29 is 30.8 Å². The van der Waals surface area contributed by atoms with Crippen LogP contribution in [0.3, 0.4) is 0 Å². The zero-order valence-electron chi connectivity index (χ0n) is 19.9. The Morgan fingerprint density at radius 1 is 0.868 bits per heavy atom. The maximum Gasteiger partial charge on any atom is 0.294 e. The van der Waals surface area contributed by atoms with Crippen molar-refractivity contribution in [3.8, 4) is 0 Å². The first-order valence-electron chi connectivity index (χ1n) is 11.1. The minimum atomic E-state index is -4.29. The average Bonchev–Trinajstić information content (AvgIpc) is 2.90. The molecular weight excluding hydrogens is 557 g/mol. The van der Waals surface area contributed by atoms with Crippen molar-refractivity contribution in [3.05, 3.63) is 89.8 Å². The second-order valence-corrected chi connectivity index (χ2v) is 12.0. The lowest BCUT2D eigenvalue weighted by Gasteiger charge is -2.27. The number of fused-ring (bicyclic) bond motifs is 1. The van der Waals surface area contributed by atoms with Crippen LogP contribution in [-0.4, -0.2) is 41.6 Å². The maximum absolute atomic E-state index is 13.6. The normalized spacial score (nSPS) is 11.8. The molecule has 13 heteroatoms. The average molecular weight is 578 g/mol. The molecule has 0 atom stereocenters. The highest BCUT2D eigenvalue weighted by Crippen LogP contribution is 2.36. The van der Waals surface area contributed by atoms with E-state index in [4.69, 9.17) is 16.3 Å². The summed E-state index contributed by atoms with van der Waals surface area (Å²) in [5.41, 5.74) is 0.177. The summed E-state index contributed by atoms with van der Waals surface area (Å²) >= 11 is 5.91. The molecule has 0 amide bonds. The van der Waals surface area contributed by atoms with Crippen LogP contribution in [0.15, 0.2) is 88.8 Å². The molecule has 0 aliphatic rings. The summed E-state index contributed by atoms with van der Waals surface area (Å²) < 4.78 is 74.1. The minimum absolute atomic E-state index is 0.00573. The summed E-state index contributed by atoms with van der Waals surface area (Å²) in [6, 6.07) is 16.3. The van der Waals surface area contributed by atoms with Crippen LogP contribution in [0.2, 0.25) is 5.02 Å². The van der Waals surface area contributed by atoms with Gasteiger partial charge in [-0.25, -0.2) is 30.5 Å². The van der Waals surface area contributed by atoms with Gasteiger partial charge in [-0.2, -0.15) is 0 Å². The second kappa shape index (κ2) is 10.9. The van der Waals surface area contributed by atoms with Crippen molar-refractivity contribution in [1.29, 1.82) is 0 Å². The highest BCUT2D eigenvalue weighted by molar-refractivity contribution is 7.93. The van der Waals surface area contributed by atoms with Gasteiger partial charge in [-0.15, -0.1) is 0 Å². The highest BCUT2D eigenvalue weighted by Gasteiger charge is 2.31. The van der Waals surface area contributed by atoms with Crippen molar-refractivity contribution in [2.45, 2.75) is 16.7 Å². The third kappa shape index (κ3) is 5.15. The van der Waals surface area contributed by atoms with Crippen LogP contribution in [0.1, 0.15) is 6.92 Å². The number of ether oxygens (including phenoxy) is 1. The van der Waals surface area contributed by atoms with Crippen LogP contribution in [0.4, 0.5) is 15.9 Å². The third-order valence-corrected chi connectivity index (χ3v) is 9.49. The van der Waals surface area contributed by atoms with Crippen molar-refractivity contribution in [2.24, 2.45) is 0 Å². The van der Waals surface area contributed by atoms with Gasteiger partial charge in [0.05, 0.1) is 21.7 Å². The van der Waals surface area contributed by atoms with E-state index < -0.39 is 32.6 Å². The van der Waals surface area contributed by atoms with Gasteiger partial charge >= 0.3 is 0 Å². The van der Waals surface area contributed by atoms with E-state index in [-0.39, 0.29) is 39.7 Å². The first-order chi connectivity index (χ1) is 18.1. The first kappa shape index (κ1) is 27.3. The summed E-state index contributed by atoms with van der Waals surface area (Å²) in [7, 11) is -8.41. The van der Waals surface area contributed by atoms with Gasteiger partial charge in [-0.3, -0.25) is 9.10 Å². The van der Waals surface area contributed by atoms with Gasteiger partial charge in [0.15, 0.2) is 12.5 Å². The second-order valence-electron chi connectivity index (χ2n) is 7.84. The van der Waals surface area contributed by atoms with E-state index in [1.807, 2.05) is 0 Å². The molecule has 1 aromatic heterocycles. The number of rotatable bonds is 10. The summed E-state index contributed by atoms with van der Waals surface area (Å²) in [4.78, 5) is 15.1. The lowest BCUT2D eigenvalue weighted by atomic mass is 10.1. The van der Waals surface area contributed by atoms with Gasteiger partial charge in [0.1, 0.15) is 5.82 Å². The summed E-state index contributed by atoms with van der Waals surface area (Å²) in [6.45, 7) is 1.05. The molecule has 1 heterocycles. The molecule has 9 nitrogen and oxygen atoms in total. The lowest BCUT2D eigenvalue weighted by Crippen LogP contribution is -2.35. The monoisotopic (exact) mass is 577 g/mol. The van der Waals surface area contributed by atoms with E-state index in [2.05, 4.69) is 4.98 Å². The number of hydrogen-bond acceptors (Lipinski definition) is 7. The molecule has 0 fully saturated rings. The molecule has 4 rings (SSSR count). The Morgan fingerprint density at radius 3 is 2.00 bits per heavy atom. The minimum Gasteiger partial charge on any atom is -0.445 e. The molecule has 0 saturated carbocycles. The zero-order valence-corrected chi connectivity index (χ0v) is 22.2. The van der Waals surface area contributed by atoms with Gasteiger partial charge in [-0.05, 0) is 55.5 Å². The van der Waals surface area contributed by atoms with E-state index in [0.29, 0.717) is 10.4 Å². The van der Waals surface area contributed by atoms with Crippen LogP contribution in [0.25, 0.3) is 10.8 Å². The van der Waals surface area contributed by atoms with Crippen LogP contribution in [0, 0.1) is 5.82 Å². The predicted molar refractivity (Wildman–Crippen MR) is 141 cm³/mol. The van der Waals surface area contributed by atoms with Crippen LogP contribution < -0.4 is 8.61 Å². The van der Waals surface area contributed by atoms with E-state index in [0.717, 1.165) is 32.9 Å². The van der Waals surface area contributed by atoms with Crippen LogP contribution in [-0.2, 0) is 29.6 Å². The van der Waals surface area contributed by atoms with Gasteiger partial charge in [0.2, 0.25) is 0 Å². The molecule has 0 aliphatic carbocycles.